The molecular formula is C24H34ClN5O2. The largest absolute Gasteiger partial charge is 0.356 e. The molecule has 32 heavy (non-hydrogen) atoms. The van der Waals surface area contributed by atoms with Crippen LogP contribution < -0.4 is 5.32 Å². The SMILES string of the molecule is CC1CCCN(CCCNC(=O)C2CCN(Cc3nc(-c4cccc(Cl)c4)no3)CC2)C1. The summed E-state index contributed by atoms with van der Waals surface area (Å²) < 4.78 is 5.43. The van der Waals surface area contributed by atoms with E-state index in [1.165, 1.54) is 25.9 Å². The normalized spacial score (nSPS) is 21.0. The molecule has 2 saturated heterocycles. The zero-order valence-corrected chi connectivity index (χ0v) is 19.7. The highest BCUT2D eigenvalue weighted by Crippen LogP contribution is 2.22. The van der Waals surface area contributed by atoms with Crippen LogP contribution in [-0.4, -0.2) is 65.1 Å². The van der Waals surface area contributed by atoms with Crippen molar-refractivity contribution in [3.8, 4) is 11.4 Å². The predicted molar refractivity (Wildman–Crippen MR) is 125 cm³/mol. The van der Waals surface area contributed by atoms with Crippen molar-refractivity contribution in [2.75, 3.05) is 39.3 Å². The summed E-state index contributed by atoms with van der Waals surface area (Å²) >= 11 is 6.05. The fourth-order valence-corrected chi connectivity index (χ4v) is 4.95. The van der Waals surface area contributed by atoms with Crippen molar-refractivity contribution in [2.24, 2.45) is 11.8 Å². The number of nitrogens with zero attached hydrogens (tertiary/aromatic N) is 4. The van der Waals surface area contributed by atoms with Gasteiger partial charge in [-0.25, -0.2) is 0 Å². The number of carbonyl (C=O) groups is 1. The molecular weight excluding hydrogens is 426 g/mol. The minimum atomic E-state index is 0.103. The molecule has 3 heterocycles. The summed E-state index contributed by atoms with van der Waals surface area (Å²) in [6.07, 6.45) is 5.41. The smallest absolute Gasteiger partial charge is 0.241 e. The molecule has 8 heteroatoms. The Morgan fingerprint density at radius 1 is 1.22 bits per heavy atom. The highest BCUT2D eigenvalue weighted by atomic mass is 35.5. The Bertz CT molecular complexity index is 881. The zero-order valence-electron chi connectivity index (χ0n) is 18.9. The maximum Gasteiger partial charge on any atom is 0.241 e. The standard InChI is InChI=1S/C24H34ClN5O2/c1-18-5-3-11-29(16-18)12-4-10-26-24(31)19-8-13-30(14-9-19)17-22-27-23(28-32-22)20-6-2-7-21(25)15-20/h2,6-7,15,18-19H,3-5,8-14,16-17H2,1H3,(H,26,31). The van der Waals surface area contributed by atoms with E-state index >= 15 is 0 Å². The van der Waals surface area contributed by atoms with Crippen molar-refractivity contribution >= 4 is 17.5 Å². The first kappa shape index (κ1) is 23.2. The lowest BCUT2D eigenvalue weighted by Crippen LogP contribution is -2.41. The van der Waals surface area contributed by atoms with Gasteiger partial charge in [-0.3, -0.25) is 9.69 Å². The number of halogens is 1. The molecule has 2 aliphatic heterocycles. The van der Waals surface area contributed by atoms with Crippen molar-refractivity contribution in [3.05, 3.63) is 35.2 Å². The first-order chi connectivity index (χ1) is 15.6. The van der Waals surface area contributed by atoms with Crippen molar-refractivity contribution in [1.29, 1.82) is 0 Å². The van der Waals surface area contributed by atoms with Crippen LogP contribution in [0.4, 0.5) is 0 Å². The number of amides is 1. The molecule has 2 aromatic rings. The van der Waals surface area contributed by atoms with Crippen molar-refractivity contribution in [2.45, 2.75) is 45.6 Å². The second-order valence-corrected chi connectivity index (χ2v) is 9.70. The van der Waals surface area contributed by atoms with Gasteiger partial charge in [-0.15, -0.1) is 0 Å². The number of aromatic nitrogens is 2. The first-order valence-corrected chi connectivity index (χ1v) is 12.3. The van der Waals surface area contributed by atoms with Crippen LogP contribution in [0.25, 0.3) is 11.4 Å². The molecule has 1 unspecified atom stereocenters. The van der Waals surface area contributed by atoms with E-state index in [0.29, 0.717) is 23.3 Å². The molecule has 1 atom stereocenters. The van der Waals surface area contributed by atoms with Crippen molar-refractivity contribution < 1.29 is 9.32 Å². The van der Waals surface area contributed by atoms with E-state index in [0.717, 1.165) is 56.9 Å². The second kappa shape index (κ2) is 11.3. The Balaban J connectivity index is 1.15. The number of piperidine rings is 2. The Morgan fingerprint density at radius 3 is 2.84 bits per heavy atom. The molecule has 1 amide bonds. The maximum absolute atomic E-state index is 12.6. The second-order valence-electron chi connectivity index (χ2n) is 9.27. The van der Waals surface area contributed by atoms with E-state index in [1.807, 2.05) is 24.3 Å². The van der Waals surface area contributed by atoms with Crippen LogP contribution >= 0.6 is 11.6 Å². The Hall–Kier alpha value is -1.96. The van der Waals surface area contributed by atoms with Crippen LogP contribution in [0.1, 0.15) is 44.9 Å². The van der Waals surface area contributed by atoms with E-state index in [1.54, 1.807) is 0 Å². The number of benzene rings is 1. The Labute approximate surface area is 195 Å². The van der Waals surface area contributed by atoms with E-state index < -0.39 is 0 Å². The minimum Gasteiger partial charge on any atom is -0.356 e. The minimum absolute atomic E-state index is 0.103. The van der Waals surface area contributed by atoms with Gasteiger partial charge in [-0.05, 0) is 76.3 Å². The first-order valence-electron chi connectivity index (χ1n) is 11.9. The van der Waals surface area contributed by atoms with Gasteiger partial charge in [0.15, 0.2) is 0 Å². The Kier molecular flexibility index (Phi) is 8.16. The van der Waals surface area contributed by atoms with Gasteiger partial charge in [0, 0.05) is 29.6 Å². The molecule has 7 nitrogen and oxygen atoms in total. The third-order valence-electron chi connectivity index (χ3n) is 6.56. The van der Waals surface area contributed by atoms with Gasteiger partial charge < -0.3 is 14.7 Å². The molecule has 0 aliphatic carbocycles. The number of likely N-dealkylation sites (tertiary alicyclic amines) is 2. The highest BCUT2D eigenvalue weighted by Gasteiger charge is 2.26. The molecule has 1 N–H and O–H groups in total. The lowest BCUT2D eigenvalue weighted by Gasteiger charge is -2.31. The number of rotatable bonds is 8. The van der Waals surface area contributed by atoms with Crippen LogP contribution in [-0.2, 0) is 11.3 Å². The average Bonchev–Trinajstić information content (AvgIpc) is 3.26. The van der Waals surface area contributed by atoms with E-state index in [-0.39, 0.29) is 11.8 Å². The third-order valence-corrected chi connectivity index (χ3v) is 6.79. The molecule has 0 spiro atoms. The highest BCUT2D eigenvalue weighted by molar-refractivity contribution is 6.30. The molecule has 0 radical (unpaired) electrons. The summed E-state index contributed by atoms with van der Waals surface area (Å²) in [5.74, 6) is 2.26. The van der Waals surface area contributed by atoms with Gasteiger partial charge in [0.05, 0.1) is 6.54 Å². The molecule has 1 aromatic carbocycles. The molecule has 4 rings (SSSR count). The fourth-order valence-electron chi connectivity index (χ4n) is 4.76. The van der Waals surface area contributed by atoms with Crippen LogP contribution in [0.5, 0.6) is 0 Å². The number of hydrogen-bond donors (Lipinski definition) is 1. The molecule has 0 bridgehead atoms. The molecule has 174 valence electrons. The zero-order chi connectivity index (χ0) is 22.3. The summed E-state index contributed by atoms with van der Waals surface area (Å²) in [6, 6.07) is 7.43. The predicted octanol–water partition coefficient (Wildman–Crippen LogP) is 3.84. The average molecular weight is 460 g/mol. The lowest BCUT2D eigenvalue weighted by atomic mass is 9.96. The topological polar surface area (TPSA) is 74.5 Å². The Morgan fingerprint density at radius 2 is 2.06 bits per heavy atom. The maximum atomic E-state index is 12.6. The molecule has 2 aliphatic rings. The van der Waals surface area contributed by atoms with E-state index in [2.05, 4.69) is 32.2 Å². The third kappa shape index (κ3) is 6.53. The summed E-state index contributed by atoms with van der Waals surface area (Å²) in [6.45, 7) is 8.93. The summed E-state index contributed by atoms with van der Waals surface area (Å²) in [5, 5.41) is 7.88. The summed E-state index contributed by atoms with van der Waals surface area (Å²) in [5.41, 5.74) is 0.845. The lowest BCUT2D eigenvalue weighted by molar-refractivity contribution is -0.126. The fraction of sp³-hybridized carbons (Fsp3) is 0.625. The monoisotopic (exact) mass is 459 g/mol. The van der Waals surface area contributed by atoms with Gasteiger partial charge in [-0.2, -0.15) is 4.98 Å². The molecule has 0 saturated carbocycles. The van der Waals surface area contributed by atoms with E-state index in [9.17, 15) is 4.79 Å². The van der Waals surface area contributed by atoms with Crippen LogP contribution in [0.15, 0.2) is 28.8 Å². The van der Waals surface area contributed by atoms with Gasteiger partial charge in [0.25, 0.3) is 0 Å². The molecule has 2 fully saturated rings. The van der Waals surface area contributed by atoms with Crippen molar-refractivity contribution in [3.63, 3.8) is 0 Å². The van der Waals surface area contributed by atoms with Gasteiger partial charge in [-0.1, -0.05) is 35.8 Å². The van der Waals surface area contributed by atoms with Gasteiger partial charge in [0.1, 0.15) is 0 Å². The van der Waals surface area contributed by atoms with Crippen LogP contribution in [0.2, 0.25) is 5.02 Å². The van der Waals surface area contributed by atoms with Crippen LogP contribution in [0.3, 0.4) is 0 Å². The number of hydrogen-bond acceptors (Lipinski definition) is 6. The summed E-state index contributed by atoms with van der Waals surface area (Å²) in [4.78, 5) is 21.9. The van der Waals surface area contributed by atoms with E-state index in [4.69, 9.17) is 16.1 Å². The van der Waals surface area contributed by atoms with Gasteiger partial charge >= 0.3 is 0 Å². The quantitative estimate of drug-likeness (QED) is 0.604. The number of nitrogens with one attached hydrogen (secondary N) is 1. The van der Waals surface area contributed by atoms with Crippen molar-refractivity contribution in [1.82, 2.24) is 25.3 Å². The molecule has 1 aromatic heterocycles. The van der Waals surface area contributed by atoms with Crippen LogP contribution in [0, 0.1) is 11.8 Å². The summed E-state index contributed by atoms with van der Waals surface area (Å²) in [7, 11) is 0. The number of carbonyl (C=O) groups excluding carboxylic acids is 1. The van der Waals surface area contributed by atoms with Gasteiger partial charge in [0.2, 0.25) is 17.6 Å².